The fourth-order valence-corrected chi connectivity index (χ4v) is 3.71. The first-order valence-corrected chi connectivity index (χ1v) is 12.9. The summed E-state index contributed by atoms with van der Waals surface area (Å²) >= 11 is 0. The molecule has 1 aliphatic rings. The number of nitrogens with one attached hydrogen (secondary N) is 4. The number of hydrogen-bond acceptors (Lipinski definition) is 8. The molecule has 214 valence electrons. The molecule has 1 aromatic carbocycles. The number of nitrogens with zero attached hydrogens (tertiary/aromatic N) is 2. The molecule has 1 fully saturated rings. The van der Waals surface area contributed by atoms with Crippen molar-refractivity contribution in [2.45, 2.75) is 59.0 Å². The Morgan fingerprint density at radius 1 is 1.23 bits per heavy atom. The van der Waals surface area contributed by atoms with Gasteiger partial charge in [-0.3, -0.25) is 19.8 Å². The molecule has 1 heterocycles. The van der Waals surface area contributed by atoms with E-state index in [1.54, 1.807) is 26.0 Å². The highest BCUT2D eigenvalue weighted by atomic mass is 16.7. The van der Waals surface area contributed by atoms with Crippen molar-refractivity contribution in [1.82, 2.24) is 15.6 Å². The second-order valence-corrected chi connectivity index (χ2v) is 9.40. The molecule has 3 amide bonds. The van der Waals surface area contributed by atoms with Gasteiger partial charge in [0.25, 0.3) is 11.8 Å². The minimum atomic E-state index is -1.01. The second kappa shape index (κ2) is 13.5. The van der Waals surface area contributed by atoms with E-state index in [1.807, 2.05) is 6.92 Å². The monoisotopic (exact) mass is 553 g/mol. The standard InChI is InChI=1S/C27H35N7O6/c1-5-10-30-24(35)18-7-6-15(2)21(11-18)34(27(38)40-14-39-26(37)17(4)29)23(32-13-28)22-16(3)20(12-31-22)25(36)33-19-8-9-19/h6-7,11-13,17,19,28,31H,5,8-10,14,29H2,1-4H3,(H,30,35)(H,33,36). The Bertz CT molecular complexity index is 1310. The van der Waals surface area contributed by atoms with Crippen LogP contribution in [-0.2, 0) is 14.3 Å². The van der Waals surface area contributed by atoms with E-state index in [0.717, 1.165) is 30.5 Å². The largest absolute Gasteiger partial charge is 0.427 e. The Kier molecular flexibility index (Phi) is 10.1. The van der Waals surface area contributed by atoms with Gasteiger partial charge >= 0.3 is 12.1 Å². The summed E-state index contributed by atoms with van der Waals surface area (Å²) in [5.74, 6) is -1.47. The summed E-state index contributed by atoms with van der Waals surface area (Å²) in [6.07, 6.45) is 3.79. The van der Waals surface area contributed by atoms with E-state index in [0.29, 0.717) is 23.2 Å². The van der Waals surface area contributed by atoms with E-state index >= 15 is 0 Å². The molecule has 1 aromatic heterocycles. The number of aromatic amines is 1. The van der Waals surface area contributed by atoms with Crippen LogP contribution in [0.3, 0.4) is 0 Å². The first-order chi connectivity index (χ1) is 19.1. The van der Waals surface area contributed by atoms with E-state index in [2.05, 4.69) is 20.6 Å². The molecule has 0 spiro atoms. The lowest BCUT2D eigenvalue weighted by Gasteiger charge is -2.25. The number of aromatic nitrogens is 1. The Labute approximate surface area is 232 Å². The molecular weight excluding hydrogens is 518 g/mol. The van der Waals surface area contributed by atoms with Crippen LogP contribution in [0.4, 0.5) is 10.5 Å². The predicted molar refractivity (Wildman–Crippen MR) is 149 cm³/mol. The first kappa shape index (κ1) is 30.0. The van der Waals surface area contributed by atoms with Gasteiger partial charge in [-0.05, 0) is 63.3 Å². The summed E-state index contributed by atoms with van der Waals surface area (Å²) in [6, 6.07) is 3.98. The number of nitrogens with two attached hydrogens (primary N) is 1. The van der Waals surface area contributed by atoms with Gasteiger partial charge in [-0.2, -0.15) is 0 Å². The molecule has 0 saturated heterocycles. The Morgan fingerprint density at radius 3 is 2.58 bits per heavy atom. The van der Waals surface area contributed by atoms with Crippen LogP contribution in [0, 0.1) is 19.3 Å². The quantitative estimate of drug-likeness (QED) is 0.122. The van der Waals surface area contributed by atoms with Crippen LogP contribution in [0.5, 0.6) is 0 Å². The number of anilines is 1. The van der Waals surface area contributed by atoms with Crippen molar-refractivity contribution in [3.63, 3.8) is 0 Å². The van der Waals surface area contributed by atoms with Gasteiger partial charge in [-0.1, -0.05) is 13.0 Å². The van der Waals surface area contributed by atoms with E-state index < -0.39 is 24.9 Å². The lowest BCUT2D eigenvalue weighted by atomic mass is 10.1. The number of amides is 3. The molecule has 0 radical (unpaired) electrons. The molecule has 2 aromatic rings. The van der Waals surface area contributed by atoms with Crippen molar-refractivity contribution in [3.05, 3.63) is 52.3 Å². The van der Waals surface area contributed by atoms with Gasteiger partial charge in [-0.25, -0.2) is 14.7 Å². The fraction of sp³-hybridized carbons (Fsp3) is 0.407. The number of carbonyl (C=O) groups excluding carboxylic acids is 4. The van der Waals surface area contributed by atoms with Gasteiger partial charge in [0, 0.05) is 24.3 Å². The number of aliphatic imine (C=N–C) groups is 1. The number of esters is 1. The Morgan fingerprint density at radius 2 is 1.95 bits per heavy atom. The summed E-state index contributed by atoms with van der Waals surface area (Å²) in [7, 11) is 0. The number of ether oxygens (including phenoxy) is 2. The molecule has 13 heteroatoms. The van der Waals surface area contributed by atoms with Crippen LogP contribution < -0.4 is 21.3 Å². The van der Waals surface area contributed by atoms with Crippen molar-refractivity contribution < 1.29 is 28.7 Å². The van der Waals surface area contributed by atoms with E-state index in [4.69, 9.17) is 20.6 Å². The van der Waals surface area contributed by atoms with Crippen LogP contribution >= 0.6 is 0 Å². The lowest BCUT2D eigenvalue weighted by Crippen LogP contribution is -2.40. The number of H-pyrrole nitrogens is 1. The van der Waals surface area contributed by atoms with Gasteiger partial charge in [0.05, 0.1) is 16.9 Å². The average Bonchev–Trinajstić information content (AvgIpc) is 3.65. The van der Waals surface area contributed by atoms with E-state index in [9.17, 15) is 19.2 Å². The summed E-state index contributed by atoms with van der Waals surface area (Å²) in [6.45, 7) is 6.48. The van der Waals surface area contributed by atoms with Crippen molar-refractivity contribution in [3.8, 4) is 0 Å². The van der Waals surface area contributed by atoms with Gasteiger partial charge in [0.15, 0.2) is 5.84 Å². The Balaban J connectivity index is 2.06. The number of benzene rings is 1. The number of amidine groups is 1. The normalized spacial score (nSPS) is 13.7. The summed E-state index contributed by atoms with van der Waals surface area (Å²) in [5, 5.41) is 13.4. The van der Waals surface area contributed by atoms with Gasteiger partial charge in [-0.15, -0.1) is 0 Å². The van der Waals surface area contributed by atoms with E-state index in [-0.39, 0.29) is 40.6 Å². The highest BCUT2D eigenvalue weighted by molar-refractivity contribution is 6.24. The van der Waals surface area contributed by atoms with Crippen molar-refractivity contribution in [2.24, 2.45) is 10.7 Å². The van der Waals surface area contributed by atoms with Crippen LogP contribution in [0.1, 0.15) is 70.6 Å². The van der Waals surface area contributed by atoms with Crippen molar-refractivity contribution >= 4 is 41.7 Å². The minimum absolute atomic E-state index is 0.0734. The highest BCUT2D eigenvalue weighted by Gasteiger charge is 2.31. The lowest BCUT2D eigenvalue weighted by molar-refractivity contribution is -0.152. The predicted octanol–water partition coefficient (Wildman–Crippen LogP) is 2.51. The van der Waals surface area contributed by atoms with Crippen molar-refractivity contribution in [2.75, 3.05) is 18.2 Å². The Hall–Kier alpha value is -4.52. The maximum absolute atomic E-state index is 13.5. The van der Waals surface area contributed by atoms with Crippen molar-refractivity contribution in [1.29, 1.82) is 5.41 Å². The van der Waals surface area contributed by atoms with Gasteiger partial charge in [0.2, 0.25) is 6.79 Å². The zero-order valence-corrected chi connectivity index (χ0v) is 23.0. The van der Waals surface area contributed by atoms with Gasteiger partial charge in [0.1, 0.15) is 12.4 Å². The number of hydrogen-bond donors (Lipinski definition) is 5. The third-order valence-corrected chi connectivity index (χ3v) is 6.11. The molecule has 0 aliphatic heterocycles. The zero-order chi connectivity index (χ0) is 29.4. The molecular formula is C27H35N7O6. The van der Waals surface area contributed by atoms with Crippen LogP contribution in [0.15, 0.2) is 29.4 Å². The molecule has 6 N–H and O–H groups in total. The van der Waals surface area contributed by atoms with E-state index in [1.165, 1.54) is 19.2 Å². The molecule has 1 unspecified atom stereocenters. The first-order valence-electron chi connectivity index (χ1n) is 12.9. The van der Waals surface area contributed by atoms with Gasteiger partial charge < -0.3 is 30.8 Å². The summed E-state index contributed by atoms with van der Waals surface area (Å²) < 4.78 is 10.1. The SMILES string of the molecule is CCCNC(=O)c1ccc(C)c(N(C(=O)OCOC(=O)C(C)N)C(=NC=N)c2[nH]cc(C(=O)NC3CC3)c2C)c1. The number of carbonyl (C=O) groups is 4. The molecule has 1 saturated carbocycles. The highest BCUT2D eigenvalue weighted by Crippen LogP contribution is 2.27. The number of rotatable bonds is 11. The number of aryl methyl sites for hydroxylation is 1. The summed E-state index contributed by atoms with van der Waals surface area (Å²) in [5.41, 5.74) is 7.68. The smallest absolute Gasteiger partial charge is 0.423 e. The zero-order valence-electron chi connectivity index (χ0n) is 23.0. The molecule has 13 nitrogen and oxygen atoms in total. The third-order valence-electron chi connectivity index (χ3n) is 6.11. The second-order valence-electron chi connectivity index (χ2n) is 9.40. The average molecular weight is 554 g/mol. The summed E-state index contributed by atoms with van der Waals surface area (Å²) in [4.78, 5) is 59.0. The van der Waals surface area contributed by atoms with Crippen LogP contribution in [0.25, 0.3) is 0 Å². The molecule has 0 bridgehead atoms. The molecule has 1 aliphatic carbocycles. The van der Waals surface area contributed by atoms with Crippen LogP contribution in [-0.4, -0.2) is 66.5 Å². The maximum atomic E-state index is 13.5. The molecule has 1 atom stereocenters. The maximum Gasteiger partial charge on any atom is 0.423 e. The van der Waals surface area contributed by atoms with Crippen LogP contribution in [0.2, 0.25) is 0 Å². The third kappa shape index (κ3) is 7.32. The molecule has 40 heavy (non-hydrogen) atoms. The molecule has 3 rings (SSSR count). The fourth-order valence-electron chi connectivity index (χ4n) is 3.71. The topological polar surface area (TPSA) is 192 Å². The minimum Gasteiger partial charge on any atom is -0.427 e.